The summed E-state index contributed by atoms with van der Waals surface area (Å²) in [6.07, 6.45) is 2.72. The van der Waals surface area contributed by atoms with Gasteiger partial charge in [0, 0.05) is 29.8 Å². The number of rotatable bonds is 9. The molecule has 0 bridgehead atoms. The van der Waals surface area contributed by atoms with Gasteiger partial charge in [-0.1, -0.05) is 18.7 Å². The first kappa shape index (κ1) is 22.1. The Morgan fingerprint density at radius 2 is 2.07 bits per heavy atom. The standard InChI is InChI=1S/C20H20N4O6/c1-4-8-30-19-15(10-17(24(27)28)11-18(19)29-3)12-21-23-20(26)14-6-5-7-16(9-14)22-13(2)25/h4-7,9-12H,1,8H2,2-3H3,(H,22,25)(H,23,26)/b21-12+. The summed E-state index contributed by atoms with van der Waals surface area (Å²) < 4.78 is 10.7. The molecule has 0 aromatic heterocycles. The van der Waals surface area contributed by atoms with Gasteiger partial charge in [0.15, 0.2) is 11.5 Å². The topological polar surface area (TPSA) is 132 Å². The molecule has 2 rings (SSSR count). The number of nitro groups is 1. The second-order valence-electron chi connectivity index (χ2n) is 5.88. The van der Waals surface area contributed by atoms with Crippen LogP contribution >= 0.6 is 0 Å². The van der Waals surface area contributed by atoms with Crippen LogP contribution in [0.2, 0.25) is 0 Å². The molecule has 0 aliphatic carbocycles. The van der Waals surface area contributed by atoms with Crippen LogP contribution in [0.25, 0.3) is 0 Å². The third kappa shape index (κ3) is 5.89. The highest BCUT2D eigenvalue weighted by molar-refractivity contribution is 5.97. The van der Waals surface area contributed by atoms with Crippen LogP contribution in [-0.2, 0) is 4.79 Å². The number of carbonyl (C=O) groups is 2. The molecule has 2 aromatic rings. The molecule has 2 amide bonds. The molecule has 0 heterocycles. The zero-order valence-corrected chi connectivity index (χ0v) is 16.4. The Morgan fingerprint density at radius 1 is 1.30 bits per heavy atom. The molecule has 0 radical (unpaired) electrons. The molecule has 2 N–H and O–H groups in total. The molecule has 0 unspecified atom stereocenters. The van der Waals surface area contributed by atoms with E-state index < -0.39 is 10.8 Å². The summed E-state index contributed by atoms with van der Waals surface area (Å²) in [5, 5.41) is 17.6. The molecular weight excluding hydrogens is 392 g/mol. The summed E-state index contributed by atoms with van der Waals surface area (Å²) in [7, 11) is 1.35. The number of nitro benzene ring substituents is 1. The van der Waals surface area contributed by atoms with Gasteiger partial charge < -0.3 is 14.8 Å². The van der Waals surface area contributed by atoms with Crippen LogP contribution in [0.15, 0.2) is 54.2 Å². The monoisotopic (exact) mass is 412 g/mol. The Kier molecular flexibility index (Phi) is 7.63. The minimum absolute atomic E-state index is 0.136. The lowest BCUT2D eigenvalue weighted by atomic mass is 10.1. The predicted octanol–water partition coefficient (Wildman–Crippen LogP) is 2.89. The highest BCUT2D eigenvalue weighted by atomic mass is 16.6. The van der Waals surface area contributed by atoms with Gasteiger partial charge in [0.05, 0.1) is 24.3 Å². The van der Waals surface area contributed by atoms with Crippen molar-refractivity contribution in [1.29, 1.82) is 0 Å². The molecule has 0 fully saturated rings. The number of nitrogens with one attached hydrogen (secondary N) is 2. The van der Waals surface area contributed by atoms with E-state index in [9.17, 15) is 19.7 Å². The number of hydrogen-bond acceptors (Lipinski definition) is 7. The number of carbonyl (C=O) groups excluding carboxylic acids is 2. The number of methoxy groups -OCH3 is 1. The smallest absolute Gasteiger partial charge is 0.274 e. The number of amides is 2. The summed E-state index contributed by atoms with van der Waals surface area (Å²) in [5.74, 6) is -0.447. The van der Waals surface area contributed by atoms with E-state index in [4.69, 9.17) is 9.47 Å². The molecule has 0 aliphatic heterocycles. The molecule has 30 heavy (non-hydrogen) atoms. The molecular formula is C20H20N4O6. The minimum atomic E-state index is -0.580. The number of nitrogens with zero attached hydrogens (tertiary/aromatic N) is 2. The number of hydrogen-bond donors (Lipinski definition) is 2. The van der Waals surface area contributed by atoms with Gasteiger partial charge >= 0.3 is 0 Å². The number of benzene rings is 2. The Hall–Kier alpha value is -4.21. The second kappa shape index (κ2) is 10.4. The average molecular weight is 412 g/mol. The predicted molar refractivity (Wildman–Crippen MR) is 111 cm³/mol. The number of hydrazone groups is 1. The second-order valence-corrected chi connectivity index (χ2v) is 5.88. The zero-order chi connectivity index (χ0) is 22.1. The Balaban J connectivity index is 2.26. The normalized spacial score (nSPS) is 10.3. The van der Waals surface area contributed by atoms with Crippen LogP contribution in [0.3, 0.4) is 0 Å². The molecule has 0 aliphatic rings. The highest BCUT2D eigenvalue weighted by Gasteiger charge is 2.18. The van der Waals surface area contributed by atoms with Crippen LogP contribution in [0.4, 0.5) is 11.4 Å². The molecule has 0 saturated carbocycles. The van der Waals surface area contributed by atoms with E-state index in [0.717, 1.165) is 0 Å². The maximum Gasteiger partial charge on any atom is 0.274 e. The minimum Gasteiger partial charge on any atom is -0.493 e. The third-order valence-corrected chi connectivity index (χ3v) is 3.66. The fourth-order valence-corrected chi connectivity index (χ4v) is 2.42. The quantitative estimate of drug-likeness (QED) is 0.282. The van der Waals surface area contributed by atoms with Gasteiger partial charge in [-0.25, -0.2) is 5.43 Å². The van der Waals surface area contributed by atoms with Crippen molar-refractivity contribution < 1.29 is 24.0 Å². The third-order valence-electron chi connectivity index (χ3n) is 3.66. The number of ether oxygens (including phenoxy) is 2. The lowest BCUT2D eigenvalue weighted by Crippen LogP contribution is -2.18. The van der Waals surface area contributed by atoms with Crippen molar-refractivity contribution in [3.8, 4) is 11.5 Å². The van der Waals surface area contributed by atoms with Crippen molar-refractivity contribution in [3.63, 3.8) is 0 Å². The SMILES string of the molecule is C=CCOc1c(/C=N/NC(=O)c2cccc(NC(C)=O)c2)cc([N+](=O)[O-])cc1OC. The number of non-ortho nitro benzene ring substituents is 1. The highest BCUT2D eigenvalue weighted by Crippen LogP contribution is 2.34. The Morgan fingerprint density at radius 3 is 2.70 bits per heavy atom. The molecule has 0 saturated heterocycles. The first-order chi connectivity index (χ1) is 14.3. The van der Waals surface area contributed by atoms with E-state index in [1.54, 1.807) is 18.2 Å². The van der Waals surface area contributed by atoms with Crippen LogP contribution in [-0.4, -0.2) is 36.7 Å². The van der Waals surface area contributed by atoms with E-state index in [1.807, 2.05) is 0 Å². The van der Waals surface area contributed by atoms with Crippen molar-refractivity contribution in [2.24, 2.45) is 5.10 Å². The lowest BCUT2D eigenvalue weighted by Gasteiger charge is -2.12. The first-order valence-corrected chi connectivity index (χ1v) is 8.67. The van der Waals surface area contributed by atoms with Gasteiger partial charge in [0.25, 0.3) is 11.6 Å². The van der Waals surface area contributed by atoms with Gasteiger partial charge in [0.1, 0.15) is 6.61 Å². The molecule has 10 nitrogen and oxygen atoms in total. The van der Waals surface area contributed by atoms with Crippen LogP contribution in [0.5, 0.6) is 11.5 Å². The molecule has 0 atom stereocenters. The Labute approximate surface area is 172 Å². The fourth-order valence-electron chi connectivity index (χ4n) is 2.42. The first-order valence-electron chi connectivity index (χ1n) is 8.67. The average Bonchev–Trinajstić information content (AvgIpc) is 2.71. The van der Waals surface area contributed by atoms with Crippen LogP contribution < -0.4 is 20.2 Å². The van der Waals surface area contributed by atoms with Gasteiger partial charge in [-0.15, -0.1) is 0 Å². The van der Waals surface area contributed by atoms with Crippen molar-refractivity contribution in [2.75, 3.05) is 19.0 Å². The summed E-state index contributed by atoms with van der Waals surface area (Å²) in [4.78, 5) is 34.1. The van der Waals surface area contributed by atoms with E-state index in [1.165, 1.54) is 44.5 Å². The van der Waals surface area contributed by atoms with E-state index in [0.29, 0.717) is 5.69 Å². The van der Waals surface area contributed by atoms with E-state index in [2.05, 4.69) is 22.4 Å². The van der Waals surface area contributed by atoms with E-state index >= 15 is 0 Å². The van der Waals surface area contributed by atoms with Crippen molar-refractivity contribution in [2.45, 2.75) is 6.92 Å². The van der Waals surface area contributed by atoms with Gasteiger partial charge in [0.2, 0.25) is 5.91 Å². The summed E-state index contributed by atoms with van der Waals surface area (Å²) in [6.45, 7) is 5.05. The van der Waals surface area contributed by atoms with Crippen molar-refractivity contribution in [1.82, 2.24) is 5.43 Å². The summed E-state index contributed by atoms with van der Waals surface area (Å²) >= 11 is 0. The molecule has 0 spiro atoms. The van der Waals surface area contributed by atoms with Crippen LogP contribution in [0.1, 0.15) is 22.8 Å². The maximum atomic E-state index is 12.3. The van der Waals surface area contributed by atoms with Crippen LogP contribution in [0, 0.1) is 10.1 Å². The largest absolute Gasteiger partial charge is 0.493 e. The molecule has 10 heteroatoms. The van der Waals surface area contributed by atoms with Gasteiger partial charge in [-0.3, -0.25) is 19.7 Å². The number of anilines is 1. The van der Waals surface area contributed by atoms with E-state index in [-0.39, 0.29) is 40.8 Å². The fraction of sp³-hybridized carbons (Fsp3) is 0.150. The lowest BCUT2D eigenvalue weighted by molar-refractivity contribution is -0.385. The zero-order valence-electron chi connectivity index (χ0n) is 16.4. The molecule has 156 valence electrons. The maximum absolute atomic E-state index is 12.3. The summed E-state index contributed by atoms with van der Waals surface area (Å²) in [5.41, 5.74) is 3.06. The van der Waals surface area contributed by atoms with Gasteiger partial charge in [-0.2, -0.15) is 5.10 Å². The van der Waals surface area contributed by atoms with Crippen molar-refractivity contribution in [3.05, 3.63) is 70.3 Å². The van der Waals surface area contributed by atoms with Gasteiger partial charge in [-0.05, 0) is 18.2 Å². The van der Waals surface area contributed by atoms with Crippen molar-refractivity contribution >= 4 is 29.4 Å². The molecule has 2 aromatic carbocycles. The Bertz CT molecular complexity index is 1000. The summed E-state index contributed by atoms with van der Waals surface area (Å²) in [6, 6.07) is 8.75.